The SMILES string of the molecule is CCCC(=O)CC(C)[C]=O. The molecule has 0 amide bonds. The van der Waals surface area contributed by atoms with Gasteiger partial charge < -0.3 is 0 Å². The Bertz CT molecular complexity index is 118. The van der Waals surface area contributed by atoms with Crippen LogP contribution in [0.5, 0.6) is 0 Å². The minimum Gasteiger partial charge on any atom is -0.300 e. The Morgan fingerprint density at radius 2 is 2.20 bits per heavy atom. The first kappa shape index (κ1) is 9.34. The number of hydrogen-bond donors (Lipinski definition) is 0. The van der Waals surface area contributed by atoms with Gasteiger partial charge in [0, 0.05) is 18.8 Å². The molecule has 0 aromatic heterocycles. The minimum absolute atomic E-state index is 0.165. The molecule has 0 rings (SSSR count). The van der Waals surface area contributed by atoms with E-state index in [0.29, 0.717) is 12.8 Å². The summed E-state index contributed by atoms with van der Waals surface area (Å²) in [5, 5.41) is 0. The number of ketones is 1. The topological polar surface area (TPSA) is 34.1 Å². The van der Waals surface area contributed by atoms with Crippen molar-refractivity contribution >= 4 is 12.1 Å². The van der Waals surface area contributed by atoms with E-state index in [1.54, 1.807) is 13.2 Å². The summed E-state index contributed by atoms with van der Waals surface area (Å²) in [5.74, 6) is -0.0580. The molecule has 1 unspecified atom stereocenters. The Kier molecular flexibility index (Phi) is 4.81. The van der Waals surface area contributed by atoms with Gasteiger partial charge in [-0.15, -0.1) is 0 Å². The van der Waals surface area contributed by atoms with Crippen molar-refractivity contribution in [1.82, 2.24) is 0 Å². The van der Waals surface area contributed by atoms with Gasteiger partial charge in [0.1, 0.15) is 5.78 Å². The summed E-state index contributed by atoms with van der Waals surface area (Å²) < 4.78 is 0. The van der Waals surface area contributed by atoms with Crippen LogP contribution in [-0.4, -0.2) is 12.1 Å². The third kappa shape index (κ3) is 4.24. The molecular formula is C8H13O2. The highest BCUT2D eigenvalue weighted by atomic mass is 16.1. The Morgan fingerprint density at radius 3 is 2.60 bits per heavy atom. The fraction of sp³-hybridized carbons (Fsp3) is 0.750. The lowest BCUT2D eigenvalue weighted by atomic mass is 10.0. The fourth-order valence-electron chi connectivity index (χ4n) is 0.764. The van der Waals surface area contributed by atoms with Gasteiger partial charge in [-0.1, -0.05) is 13.8 Å². The molecular weight excluding hydrogens is 128 g/mol. The average Bonchev–Trinajstić information content (AvgIpc) is 1.88. The molecule has 2 heteroatoms. The van der Waals surface area contributed by atoms with Crippen molar-refractivity contribution in [2.75, 3.05) is 0 Å². The number of rotatable bonds is 5. The Hall–Kier alpha value is -0.660. The number of carbonyl (C=O) groups is 1. The lowest BCUT2D eigenvalue weighted by Gasteiger charge is -1.98. The van der Waals surface area contributed by atoms with E-state index in [1.165, 1.54) is 0 Å². The third-order valence-corrected chi connectivity index (χ3v) is 1.26. The molecule has 10 heavy (non-hydrogen) atoms. The summed E-state index contributed by atoms with van der Waals surface area (Å²) in [6, 6.07) is 0. The molecule has 0 aliphatic rings. The van der Waals surface area contributed by atoms with Crippen molar-refractivity contribution in [2.24, 2.45) is 5.92 Å². The van der Waals surface area contributed by atoms with E-state index in [4.69, 9.17) is 0 Å². The maximum absolute atomic E-state index is 10.8. The van der Waals surface area contributed by atoms with Crippen LogP contribution in [0.3, 0.4) is 0 Å². The monoisotopic (exact) mass is 141 g/mol. The van der Waals surface area contributed by atoms with Gasteiger partial charge in [0.25, 0.3) is 0 Å². The molecule has 57 valence electrons. The number of hydrogen-bond acceptors (Lipinski definition) is 2. The van der Waals surface area contributed by atoms with Crippen LogP contribution in [0.1, 0.15) is 33.1 Å². The second-order valence-electron chi connectivity index (χ2n) is 2.51. The molecule has 0 spiro atoms. The molecule has 1 radical (unpaired) electrons. The summed E-state index contributed by atoms with van der Waals surface area (Å²) in [5.41, 5.74) is 0. The molecule has 2 nitrogen and oxygen atoms in total. The molecule has 0 aromatic rings. The summed E-state index contributed by atoms with van der Waals surface area (Å²) in [4.78, 5) is 20.8. The highest BCUT2D eigenvalue weighted by Crippen LogP contribution is 2.02. The summed E-state index contributed by atoms with van der Waals surface area (Å²) in [6.07, 6.45) is 3.60. The van der Waals surface area contributed by atoms with E-state index in [9.17, 15) is 9.59 Å². The van der Waals surface area contributed by atoms with E-state index in [0.717, 1.165) is 6.42 Å². The molecule has 0 bridgehead atoms. The minimum atomic E-state index is -0.223. The smallest absolute Gasteiger partial charge is 0.201 e. The van der Waals surface area contributed by atoms with Crippen LogP contribution < -0.4 is 0 Å². The van der Waals surface area contributed by atoms with Gasteiger partial charge in [-0.3, -0.25) is 9.59 Å². The Balaban J connectivity index is 3.46. The van der Waals surface area contributed by atoms with E-state index in [1.807, 2.05) is 6.92 Å². The van der Waals surface area contributed by atoms with Crippen molar-refractivity contribution in [2.45, 2.75) is 33.1 Å². The van der Waals surface area contributed by atoms with Crippen molar-refractivity contribution in [3.63, 3.8) is 0 Å². The second-order valence-corrected chi connectivity index (χ2v) is 2.51. The Labute approximate surface area is 61.6 Å². The molecule has 0 aliphatic heterocycles. The van der Waals surface area contributed by atoms with E-state index < -0.39 is 0 Å². The molecule has 0 fully saturated rings. The van der Waals surface area contributed by atoms with E-state index >= 15 is 0 Å². The van der Waals surface area contributed by atoms with Crippen LogP contribution in [0, 0.1) is 5.92 Å². The number of carbonyl (C=O) groups excluding carboxylic acids is 2. The van der Waals surface area contributed by atoms with Crippen LogP contribution in [0.2, 0.25) is 0 Å². The summed E-state index contributed by atoms with van der Waals surface area (Å²) in [7, 11) is 0. The predicted octanol–water partition coefficient (Wildman–Crippen LogP) is 1.49. The maximum atomic E-state index is 10.8. The first-order valence-corrected chi connectivity index (χ1v) is 3.60. The summed E-state index contributed by atoms with van der Waals surface area (Å²) in [6.45, 7) is 3.66. The number of Topliss-reactive ketones (excluding diaryl/α,β-unsaturated/α-hetero) is 1. The van der Waals surface area contributed by atoms with E-state index in [-0.39, 0.29) is 11.7 Å². The molecule has 1 atom stereocenters. The van der Waals surface area contributed by atoms with Crippen molar-refractivity contribution in [3.8, 4) is 0 Å². The average molecular weight is 141 g/mol. The lowest BCUT2D eigenvalue weighted by Crippen LogP contribution is -2.05. The highest BCUT2D eigenvalue weighted by molar-refractivity contribution is 5.80. The van der Waals surface area contributed by atoms with E-state index in [2.05, 4.69) is 0 Å². The van der Waals surface area contributed by atoms with Crippen molar-refractivity contribution in [1.29, 1.82) is 0 Å². The standard InChI is InChI=1S/C8H13O2/c1-3-4-8(10)5-7(2)6-9/h7H,3-5H2,1-2H3. The zero-order chi connectivity index (χ0) is 7.98. The molecule has 0 N–H and O–H groups in total. The lowest BCUT2D eigenvalue weighted by molar-refractivity contribution is -0.119. The van der Waals surface area contributed by atoms with Crippen LogP contribution >= 0.6 is 0 Å². The zero-order valence-corrected chi connectivity index (χ0v) is 6.52. The second kappa shape index (κ2) is 5.15. The largest absolute Gasteiger partial charge is 0.300 e. The fourth-order valence-corrected chi connectivity index (χ4v) is 0.764. The molecule has 0 saturated carbocycles. The third-order valence-electron chi connectivity index (χ3n) is 1.26. The van der Waals surface area contributed by atoms with Gasteiger partial charge in [0.2, 0.25) is 6.29 Å². The molecule has 0 aliphatic carbocycles. The van der Waals surface area contributed by atoms with Gasteiger partial charge >= 0.3 is 0 Å². The van der Waals surface area contributed by atoms with Crippen LogP contribution in [0.15, 0.2) is 0 Å². The van der Waals surface area contributed by atoms with Crippen LogP contribution in [0.4, 0.5) is 0 Å². The first-order valence-electron chi connectivity index (χ1n) is 3.60. The van der Waals surface area contributed by atoms with Crippen molar-refractivity contribution in [3.05, 3.63) is 0 Å². The Morgan fingerprint density at radius 1 is 1.60 bits per heavy atom. The van der Waals surface area contributed by atoms with Crippen molar-refractivity contribution < 1.29 is 9.59 Å². The van der Waals surface area contributed by atoms with Gasteiger partial charge in [-0.25, -0.2) is 0 Å². The van der Waals surface area contributed by atoms with Gasteiger partial charge in [-0.2, -0.15) is 0 Å². The van der Waals surface area contributed by atoms with Gasteiger partial charge in [0.15, 0.2) is 0 Å². The van der Waals surface area contributed by atoms with Gasteiger partial charge in [-0.05, 0) is 6.42 Å². The summed E-state index contributed by atoms with van der Waals surface area (Å²) >= 11 is 0. The first-order chi connectivity index (χ1) is 4.70. The normalized spacial score (nSPS) is 12.6. The highest BCUT2D eigenvalue weighted by Gasteiger charge is 2.06. The van der Waals surface area contributed by atoms with Crippen LogP contribution in [-0.2, 0) is 9.59 Å². The molecule has 0 heterocycles. The molecule has 0 saturated heterocycles. The maximum Gasteiger partial charge on any atom is 0.201 e. The predicted molar refractivity (Wildman–Crippen MR) is 39.4 cm³/mol. The van der Waals surface area contributed by atoms with Crippen LogP contribution in [0.25, 0.3) is 0 Å². The van der Waals surface area contributed by atoms with Gasteiger partial charge in [0.05, 0.1) is 0 Å². The molecule has 0 aromatic carbocycles. The quantitative estimate of drug-likeness (QED) is 0.581. The zero-order valence-electron chi connectivity index (χ0n) is 6.52.